The van der Waals surface area contributed by atoms with E-state index in [2.05, 4.69) is 20.4 Å². The summed E-state index contributed by atoms with van der Waals surface area (Å²) in [6.45, 7) is 3.00. The van der Waals surface area contributed by atoms with Gasteiger partial charge in [0.05, 0.1) is 23.9 Å². The largest absolute Gasteiger partial charge is 0.481 e. The molecule has 2 aliphatic rings. The SMILES string of the molecule is C[C@@H](Cc1ccc(-c2nccc(C3=NN4CCNC(=O)C4C3)n2)cc1)C(=O)O. The van der Waals surface area contributed by atoms with Crippen LogP contribution in [0.1, 0.15) is 24.6 Å². The highest BCUT2D eigenvalue weighted by atomic mass is 16.4. The topological polar surface area (TPSA) is 108 Å². The van der Waals surface area contributed by atoms with Crippen LogP contribution in [0.5, 0.6) is 0 Å². The summed E-state index contributed by atoms with van der Waals surface area (Å²) >= 11 is 0. The van der Waals surface area contributed by atoms with E-state index in [1.165, 1.54) is 0 Å². The number of aromatic nitrogens is 2. The lowest BCUT2D eigenvalue weighted by Gasteiger charge is -2.27. The van der Waals surface area contributed by atoms with Gasteiger partial charge in [-0.05, 0) is 18.1 Å². The first kappa shape index (κ1) is 18.1. The zero-order chi connectivity index (χ0) is 19.7. The zero-order valence-electron chi connectivity index (χ0n) is 15.5. The second kappa shape index (κ2) is 7.38. The second-order valence-corrected chi connectivity index (χ2v) is 7.13. The van der Waals surface area contributed by atoms with Gasteiger partial charge >= 0.3 is 5.97 Å². The number of hydrazone groups is 1. The van der Waals surface area contributed by atoms with Gasteiger partial charge in [-0.3, -0.25) is 14.6 Å². The molecule has 1 amide bonds. The Morgan fingerprint density at radius 3 is 2.82 bits per heavy atom. The maximum absolute atomic E-state index is 12.0. The quantitative estimate of drug-likeness (QED) is 0.811. The summed E-state index contributed by atoms with van der Waals surface area (Å²) in [6.07, 6.45) is 2.71. The van der Waals surface area contributed by atoms with Crippen molar-refractivity contribution in [2.45, 2.75) is 25.8 Å². The fraction of sp³-hybridized carbons (Fsp3) is 0.350. The Bertz CT molecular complexity index is 941. The first-order chi connectivity index (χ1) is 13.5. The van der Waals surface area contributed by atoms with Crippen LogP contribution in [0.2, 0.25) is 0 Å². The van der Waals surface area contributed by atoms with Crippen molar-refractivity contribution in [1.29, 1.82) is 0 Å². The van der Waals surface area contributed by atoms with E-state index in [0.717, 1.165) is 22.5 Å². The number of benzene rings is 1. The summed E-state index contributed by atoms with van der Waals surface area (Å²) in [7, 11) is 0. The number of carboxylic acids is 1. The Morgan fingerprint density at radius 1 is 1.32 bits per heavy atom. The van der Waals surface area contributed by atoms with Crippen LogP contribution in [-0.4, -0.2) is 56.8 Å². The van der Waals surface area contributed by atoms with Crippen molar-refractivity contribution in [1.82, 2.24) is 20.3 Å². The van der Waals surface area contributed by atoms with Gasteiger partial charge in [0.25, 0.3) is 0 Å². The van der Waals surface area contributed by atoms with Gasteiger partial charge in [0.15, 0.2) is 5.82 Å². The number of hydrogen-bond acceptors (Lipinski definition) is 6. The molecule has 2 atom stereocenters. The molecule has 8 nitrogen and oxygen atoms in total. The van der Waals surface area contributed by atoms with E-state index in [-0.39, 0.29) is 11.9 Å². The molecule has 2 aromatic rings. The van der Waals surface area contributed by atoms with Gasteiger partial charge in [-0.15, -0.1) is 0 Å². The summed E-state index contributed by atoms with van der Waals surface area (Å²) in [5, 5.41) is 18.3. The molecule has 1 fully saturated rings. The number of carboxylic acid groups (broad SMARTS) is 1. The number of carbonyl (C=O) groups excluding carboxylic acids is 1. The molecular weight excluding hydrogens is 358 g/mol. The molecule has 3 heterocycles. The third-order valence-electron chi connectivity index (χ3n) is 5.07. The minimum Gasteiger partial charge on any atom is -0.481 e. The van der Waals surface area contributed by atoms with E-state index in [1.54, 1.807) is 13.1 Å². The molecule has 0 bridgehead atoms. The van der Waals surface area contributed by atoms with Gasteiger partial charge in [0.1, 0.15) is 6.04 Å². The van der Waals surface area contributed by atoms with E-state index in [1.807, 2.05) is 35.3 Å². The lowest BCUT2D eigenvalue weighted by atomic mass is 10.00. The first-order valence-corrected chi connectivity index (χ1v) is 9.28. The van der Waals surface area contributed by atoms with Gasteiger partial charge < -0.3 is 10.4 Å². The number of amides is 1. The predicted molar refractivity (Wildman–Crippen MR) is 103 cm³/mol. The predicted octanol–water partition coefficient (Wildman–Crippen LogP) is 1.31. The van der Waals surface area contributed by atoms with E-state index in [0.29, 0.717) is 31.8 Å². The fourth-order valence-corrected chi connectivity index (χ4v) is 3.44. The van der Waals surface area contributed by atoms with Crippen molar-refractivity contribution in [3.05, 3.63) is 47.8 Å². The first-order valence-electron chi connectivity index (χ1n) is 9.28. The Hall–Kier alpha value is -3.29. The highest BCUT2D eigenvalue weighted by Gasteiger charge is 2.35. The molecule has 0 saturated carbocycles. The molecule has 0 radical (unpaired) electrons. The highest BCUT2D eigenvalue weighted by molar-refractivity contribution is 6.03. The summed E-state index contributed by atoms with van der Waals surface area (Å²) in [4.78, 5) is 32.0. The fourth-order valence-electron chi connectivity index (χ4n) is 3.44. The average Bonchev–Trinajstić information content (AvgIpc) is 3.14. The van der Waals surface area contributed by atoms with Crippen LogP contribution in [0.4, 0.5) is 0 Å². The van der Waals surface area contributed by atoms with Crippen molar-refractivity contribution < 1.29 is 14.7 Å². The number of hydrogen-bond donors (Lipinski definition) is 2. The van der Waals surface area contributed by atoms with Gasteiger partial charge in [0.2, 0.25) is 5.91 Å². The van der Waals surface area contributed by atoms with Gasteiger partial charge in [-0.25, -0.2) is 9.97 Å². The molecule has 1 saturated heterocycles. The highest BCUT2D eigenvalue weighted by Crippen LogP contribution is 2.23. The standard InChI is InChI=1S/C20H21N5O3/c1-12(20(27)28)10-13-2-4-14(5-3-13)18-21-7-6-15(23-18)16-11-17-19(26)22-8-9-25(17)24-16/h2-7,12,17H,8-11H2,1H3,(H,22,26)(H,27,28)/t12-,17?/m0/s1. The lowest BCUT2D eigenvalue weighted by Crippen LogP contribution is -2.51. The maximum atomic E-state index is 12.0. The zero-order valence-corrected chi connectivity index (χ0v) is 15.5. The third kappa shape index (κ3) is 3.58. The number of nitrogens with one attached hydrogen (secondary N) is 1. The van der Waals surface area contributed by atoms with E-state index in [4.69, 9.17) is 5.11 Å². The molecular formula is C20H21N5O3. The number of piperazine rings is 1. The van der Waals surface area contributed by atoms with E-state index >= 15 is 0 Å². The summed E-state index contributed by atoms with van der Waals surface area (Å²) in [5.41, 5.74) is 3.31. The van der Waals surface area contributed by atoms with Crippen molar-refractivity contribution in [2.75, 3.05) is 13.1 Å². The Morgan fingerprint density at radius 2 is 2.11 bits per heavy atom. The van der Waals surface area contributed by atoms with E-state index < -0.39 is 11.9 Å². The molecule has 8 heteroatoms. The van der Waals surface area contributed by atoms with Crippen LogP contribution >= 0.6 is 0 Å². The Labute approximate surface area is 162 Å². The molecule has 1 unspecified atom stereocenters. The van der Waals surface area contributed by atoms with Crippen molar-refractivity contribution >= 4 is 17.6 Å². The third-order valence-corrected chi connectivity index (χ3v) is 5.07. The molecule has 2 aliphatic heterocycles. The maximum Gasteiger partial charge on any atom is 0.306 e. The van der Waals surface area contributed by atoms with Gasteiger partial charge in [0, 0.05) is 24.7 Å². The van der Waals surface area contributed by atoms with Crippen LogP contribution in [0.15, 0.2) is 41.6 Å². The summed E-state index contributed by atoms with van der Waals surface area (Å²) < 4.78 is 0. The molecule has 1 aromatic heterocycles. The van der Waals surface area contributed by atoms with Crippen molar-refractivity contribution in [3.8, 4) is 11.4 Å². The number of nitrogens with zero attached hydrogens (tertiary/aromatic N) is 4. The van der Waals surface area contributed by atoms with Gasteiger partial charge in [-0.2, -0.15) is 5.10 Å². The molecule has 2 N–H and O–H groups in total. The van der Waals surface area contributed by atoms with Crippen LogP contribution in [0.25, 0.3) is 11.4 Å². The molecule has 0 spiro atoms. The summed E-state index contributed by atoms with van der Waals surface area (Å²) in [5.74, 6) is -0.651. The minimum atomic E-state index is -0.803. The number of aliphatic carboxylic acids is 1. The second-order valence-electron chi connectivity index (χ2n) is 7.13. The summed E-state index contributed by atoms with van der Waals surface area (Å²) in [6, 6.07) is 9.16. The van der Waals surface area contributed by atoms with Crippen LogP contribution in [0.3, 0.4) is 0 Å². The molecule has 28 heavy (non-hydrogen) atoms. The minimum absolute atomic E-state index is 0.00505. The lowest BCUT2D eigenvalue weighted by molar-refractivity contribution is -0.141. The van der Waals surface area contributed by atoms with Gasteiger partial charge in [-0.1, -0.05) is 31.2 Å². The molecule has 1 aromatic carbocycles. The molecule has 4 rings (SSSR count). The average molecular weight is 379 g/mol. The Kier molecular flexibility index (Phi) is 4.77. The van der Waals surface area contributed by atoms with Crippen LogP contribution < -0.4 is 5.32 Å². The molecule has 144 valence electrons. The van der Waals surface area contributed by atoms with Crippen molar-refractivity contribution in [2.24, 2.45) is 11.0 Å². The van der Waals surface area contributed by atoms with E-state index in [9.17, 15) is 9.59 Å². The molecule has 0 aliphatic carbocycles. The van der Waals surface area contributed by atoms with Crippen LogP contribution in [0, 0.1) is 5.92 Å². The normalized spacial score (nSPS) is 19.6. The Balaban J connectivity index is 1.53. The number of fused-ring (bicyclic) bond motifs is 1. The van der Waals surface area contributed by atoms with Crippen LogP contribution in [-0.2, 0) is 16.0 Å². The van der Waals surface area contributed by atoms with Crippen molar-refractivity contribution in [3.63, 3.8) is 0 Å². The number of carbonyl (C=O) groups is 2. The number of rotatable bonds is 5. The monoisotopic (exact) mass is 379 g/mol. The smallest absolute Gasteiger partial charge is 0.306 e.